The third kappa shape index (κ3) is 3.51. The van der Waals surface area contributed by atoms with E-state index in [1.165, 1.54) is 0 Å². The van der Waals surface area contributed by atoms with E-state index in [1.54, 1.807) is 7.11 Å². The molecule has 2 aromatic carbocycles. The van der Waals surface area contributed by atoms with Gasteiger partial charge < -0.3 is 13.9 Å². The van der Waals surface area contributed by atoms with Gasteiger partial charge in [0.05, 0.1) is 7.11 Å². The molecule has 0 unspecified atom stereocenters. The maximum atomic E-state index is 6.16. The number of rotatable bonds is 5. The lowest BCUT2D eigenvalue weighted by molar-refractivity contribution is 0.264. The summed E-state index contributed by atoms with van der Waals surface area (Å²) in [5, 5.41) is 8.82. The van der Waals surface area contributed by atoms with Gasteiger partial charge in [0.15, 0.2) is 6.61 Å². The summed E-state index contributed by atoms with van der Waals surface area (Å²) in [5.74, 6) is 2.28. The van der Waals surface area contributed by atoms with E-state index in [4.69, 9.17) is 25.5 Å². The number of benzene rings is 2. The zero-order valence-corrected chi connectivity index (χ0v) is 14.4. The van der Waals surface area contributed by atoms with Crippen molar-refractivity contribution in [1.29, 1.82) is 0 Å². The summed E-state index contributed by atoms with van der Waals surface area (Å²) in [4.78, 5) is 0. The molecule has 1 aromatic heterocycles. The van der Waals surface area contributed by atoms with Crippen LogP contribution in [-0.2, 0) is 6.61 Å². The minimum atomic E-state index is 0.192. The highest BCUT2D eigenvalue weighted by molar-refractivity contribution is 6.32. The maximum absolute atomic E-state index is 6.16. The molecule has 0 aliphatic carbocycles. The number of methoxy groups -OCH3 is 1. The van der Waals surface area contributed by atoms with Crippen molar-refractivity contribution in [2.75, 3.05) is 7.11 Å². The Morgan fingerprint density at radius 3 is 2.50 bits per heavy atom. The highest BCUT2D eigenvalue weighted by atomic mass is 35.5. The molecule has 0 aliphatic heterocycles. The van der Waals surface area contributed by atoms with Gasteiger partial charge in [0.2, 0.25) is 5.89 Å². The number of aryl methyl sites for hydroxylation is 2. The van der Waals surface area contributed by atoms with Crippen molar-refractivity contribution in [3.63, 3.8) is 0 Å². The van der Waals surface area contributed by atoms with Crippen LogP contribution in [0.1, 0.15) is 17.0 Å². The standard InChI is InChI=1S/C18H17ClN2O3/c1-11-7-15(8-12(2)17(11)19)23-10-16-20-21-18(24-16)13-5-4-6-14(9-13)22-3/h4-9H,10H2,1-3H3. The van der Waals surface area contributed by atoms with Crippen LogP contribution in [0.25, 0.3) is 11.5 Å². The Kier molecular flexibility index (Phi) is 4.71. The van der Waals surface area contributed by atoms with Gasteiger partial charge in [-0.25, -0.2) is 0 Å². The third-order valence-corrected chi connectivity index (χ3v) is 4.15. The van der Waals surface area contributed by atoms with Gasteiger partial charge in [-0.1, -0.05) is 17.7 Å². The van der Waals surface area contributed by atoms with Gasteiger partial charge in [-0.3, -0.25) is 0 Å². The fourth-order valence-electron chi connectivity index (χ4n) is 2.32. The summed E-state index contributed by atoms with van der Waals surface area (Å²) in [6, 6.07) is 11.2. The molecule has 0 radical (unpaired) electrons. The van der Waals surface area contributed by atoms with Crippen LogP contribution in [0.2, 0.25) is 5.02 Å². The normalized spacial score (nSPS) is 10.7. The Hall–Kier alpha value is -2.53. The second-order valence-corrected chi connectivity index (χ2v) is 5.77. The number of hydrogen-bond acceptors (Lipinski definition) is 5. The lowest BCUT2D eigenvalue weighted by Gasteiger charge is -2.08. The van der Waals surface area contributed by atoms with E-state index in [-0.39, 0.29) is 6.61 Å². The molecule has 3 rings (SSSR count). The van der Waals surface area contributed by atoms with Crippen molar-refractivity contribution in [3.8, 4) is 23.0 Å². The molecule has 0 saturated heterocycles. The first-order chi connectivity index (χ1) is 11.6. The average Bonchev–Trinajstić information content (AvgIpc) is 3.07. The highest BCUT2D eigenvalue weighted by Crippen LogP contribution is 2.27. The van der Waals surface area contributed by atoms with E-state index < -0.39 is 0 Å². The van der Waals surface area contributed by atoms with Gasteiger partial charge in [0.1, 0.15) is 11.5 Å². The summed E-state index contributed by atoms with van der Waals surface area (Å²) in [5.41, 5.74) is 2.73. The topological polar surface area (TPSA) is 57.4 Å². The van der Waals surface area contributed by atoms with Crippen molar-refractivity contribution in [2.45, 2.75) is 20.5 Å². The number of ether oxygens (including phenoxy) is 2. The molecule has 3 aromatic rings. The molecule has 6 heteroatoms. The van der Waals surface area contributed by atoms with Crippen LogP contribution >= 0.6 is 11.6 Å². The maximum Gasteiger partial charge on any atom is 0.254 e. The Bertz CT molecular complexity index is 838. The smallest absolute Gasteiger partial charge is 0.254 e. The molecule has 0 saturated carbocycles. The fraction of sp³-hybridized carbons (Fsp3) is 0.222. The van der Waals surface area contributed by atoms with Crippen molar-refractivity contribution in [1.82, 2.24) is 10.2 Å². The van der Waals surface area contributed by atoms with Crippen LogP contribution in [0.5, 0.6) is 11.5 Å². The quantitative estimate of drug-likeness (QED) is 0.677. The van der Waals surface area contributed by atoms with Gasteiger partial charge in [-0.2, -0.15) is 0 Å². The molecular weight excluding hydrogens is 328 g/mol. The number of nitrogens with zero attached hydrogens (tertiary/aromatic N) is 2. The minimum absolute atomic E-state index is 0.192. The zero-order valence-electron chi connectivity index (χ0n) is 13.7. The van der Waals surface area contributed by atoms with Crippen molar-refractivity contribution < 1.29 is 13.9 Å². The van der Waals surface area contributed by atoms with Gasteiger partial charge >= 0.3 is 0 Å². The molecule has 0 atom stereocenters. The van der Waals surface area contributed by atoms with Crippen molar-refractivity contribution >= 4 is 11.6 Å². The lowest BCUT2D eigenvalue weighted by atomic mass is 10.1. The van der Waals surface area contributed by atoms with Crippen LogP contribution in [0.4, 0.5) is 0 Å². The predicted octanol–water partition coefficient (Wildman–Crippen LogP) is 4.59. The van der Waals surface area contributed by atoms with E-state index in [2.05, 4.69) is 10.2 Å². The van der Waals surface area contributed by atoms with Crippen LogP contribution in [0.3, 0.4) is 0 Å². The molecule has 0 bridgehead atoms. The second-order valence-electron chi connectivity index (χ2n) is 5.39. The second kappa shape index (κ2) is 6.93. The van der Waals surface area contributed by atoms with E-state index in [1.807, 2.05) is 50.2 Å². The van der Waals surface area contributed by atoms with E-state index in [0.717, 1.165) is 33.2 Å². The predicted molar refractivity (Wildman–Crippen MR) is 91.5 cm³/mol. The lowest BCUT2D eigenvalue weighted by Crippen LogP contribution is -1.97. The summed E-state index contributed by atoms with van der Waals surface area (Å²) in [6.07, 6.45) is 0. The van der Waals surface area contributed by atoms with Gasteiger partial charge in [-0.15, -0.1) is 10.2 Å². The zero-order chi connectivity index (χ0) is 17.1. The van der Waals surface area contributed by atoms with Crippen LogP contribution in [-0.4, -0.2) is 17.3 Å². The molecular formula is C18H17ClN2O3. The van der Waals surface area contributed by atoms with E-state index in [9.17, 15) is 0 Å². The Morgan fingerprint density at radius 2 is 1.79 bits per heavy atom. The number of aromatic nitrogens is 2. The van der Waals surface area contributed by atoms with E-state index in [0.29, 0.717) is 11.8 Å². The number of halogens is 1. The molecule has 0 spiro atoms. The molecule has 1 heterocycles. The molecule has 0 N–H and O–H groups in total. The Morgan fingerprint density at radius 1 is 1.04 bits per heavy atom. The fourth-order valence-corrected chi connectivity index (χ4v) is 2.43. The van der Waals surface area contributed by atoms with Gasteiger partial charge in [-0.05, 0) is 55.3 Å². The van der Waals surface area contributed by atoms with Crippen LogP contribution < -0.4 is 9.47 Å². The first kappa shape index (κ1) is 16.3. The average molecular weight is 345 g/mol. The molecule has 0 aliphatic rings. The number of hydrogen-bond donors (Lipinski definition) is 0. The summed E-state index contributed by atoms with van der Waals surface area (Å²) in [7, 11) is 1.61. The Balaban J connectivity index is 1.72. The first-order valence-corrected chi connectivity index (χ1v) is 7.81. The SMILES string of the molecule is COc1cccc(-c2nnc(COc3cc(C)c(Cl)c(C)c3)o2)c1. The third-order valence-electron chi connectivity index (χ3n) is 3.56. The largest absolute Gasteiger partial charge is 0.497 e. The molecule has 124 valence electrons. The summed E-state index contributed by atoms with van der Waals surface area (Å²) in [6.45, 7) is 4.07. The minimum Gasteiger partial charge on any atom is -0.497 e. The highest BCUT2D eigenvalue weighted by Gasteiger charge is 2.11. The molecule has 0 amide bonds. The summed E-state index contributed by atoms with van der Waals surface area (Å²) >= 11 is 6.16. The van der Waals surface area contributed by atoms with Crippen molar-refractivity contribution in [3.05, 3.63) is 58.4 Å². The first-order valence-electron chi connectivity index (χ1n) is 7.43. The molecule has 5 nitrogen and oxygen atoms in total. The summed E-state index contributed by atoms with van der Waals surface area (Å²) < 4.78 is 16.6. The van der Waals surface area contributed by atoms with Gasteiger partial charge in [0, 0.05) is 10.6 Å². The van der Waals surface area contributed by atoms with Crippen molar-refractivity contribution in [2.24, 2.45) is 0 Å². The molecule has 24 heavy (non-hydrogen) atoms. The van der Waals surface area contributed by atoms with E-state index >= 15 is 0 Å². The van der Waals surface area contributed by atoms with Gasteiger partial charge in [0.25, 0.3) is 5.89 Å². The molecule has 0 fully saturated rings. The van der Waals surface area contributed by atoms with Crippen LogP contribution in [0.15, 0.2) is 40.8 Å². The Labute approximate surface area is 145 Å². The monoisotopic (exact) mass is 344 g/mol. The van der Waals surface area contributed by atoms with Crippen LogP contribution in [0, 0.1) is 13.8 Å².